The summed E-state index contributed by atoms with van der Waals surface area (Å²) in [6, 6.07) is 2.96. The molecule has 114 valence electrons. The Labute approximate surface area is 123 Å². The molecule has 1 aromatic carbocycles. The Kier molecular flexibility index (Phi) is 4.72. The van der Waals surface area contributed by atoms with E-state index in [4.69, 9.17) is 5.11 Å². The molecule has 1 atom stereocenters. The van der Waals surface area contributed by atoms with Crippen molar-refractivity contribution in [3.8, 4) is 0 Å². The lowest BCUT2D eigenvalue weighted by Crippen LogP contribution is -2.31. The number of halogens is 2. The molecule has 2 N–H and O–H groups in total. The first kappa shape index (κ1) is 15.5. The quantitative estimate of drug-likeness (QED) is 0.877. The molecule has 22 heavy (non-hydrogen) atoms. The molecule has 1 heterocycles. The molecule has 8 heteroatoms. The van der Waals surface area contributed by atoms with Crippen LogP contribution in [0.25, 0.3) is 0 Å². The molecule has 0 fully saturated rings. The van der Waals surface area contributed by atoms with E-state index in [2.05, 4.69) is 15.5 Å². The van der Waals surface area contributed by atoms with Crippen molar-refractivity contribution in [3.63, 3.8) is 0 Å². The summed E-state index contributed by atoms with van der Waals surface area (Å²) in [6.07, 6.45) is 1.93. The van der Waals surface area contributed by atoms with E-state index in [1.807, 2.05) is 0 Å². The van der Waals surface area contributed by atoms with Gasteiger partial charge >= 0.3 is 5.97 Å². The number of aliphatic carboxylic acids is 1. The highest BCUT2D eigenvalue weighted by molar-refractivity contribution is 5.94. The largest absolute Gasteiger partial charge is 0.481 e. The van der Waals surface area contributed by atoms with Crippen LogP contribution in [0.4, 0.5) is 8.78 Å². The predicted molar refractivity (Wildman–Crippen MR) is 70.9 cm³/mol. The summed E-state index contributed by atoms with van der Waals surface area (Å²) in [7, 11) is 0. The van der Waals surface area contributed by atoms with Gasteiger partial charge in [0.05, 0.1) is 30.4 Å². The van der Waals surface area contributed by atoms with Crippen LogP contribution >= 0.6 is 0 Å². The van der Waals surface area contributed by atoms with Crippen molar-refractivity contribution in [1.82, 2.24) is 15.5 Å². The van der Waals surface area contributed by atoms with Gasteiger partial charge in [0.2, 0.25) is 0 Å². The normalized spacial score (nSPS) is 11.7. The molecule has 6 nitrogen and oxygen atoms in total. The zero-order valence-electron chi connectivity index (χ0n) is 11.2. The van der Waals surface area contributed by atoms with Crippen molar-refractivity contribution in [1.29, 1.82) is 0 Å². The van der Waals surface area contributed by atoms with Gasteiger partial charge in [0.1, 0.15) is 11.6 Å². The van der Waals surface area contributed by atoms with Gasteiger partial charge in [0.25, 0.3) is 5.91 Å². The first-order valence-corrected chi connectivity index (χ1v) is 6.21. The molecule has 0 saturated heterocycles. The molecule has 0 aliphatic heterocycles. The number of rotatable bonds is 5. The minimum Gasteiger partial charge on any atom is -0.481 e. The Morgan fingerprint density at radius 1 is 1.23 bits per heavy atom. The van der Waals surface area contributed by atoms with Gasteiger partial charge in [-0.1, -0.05) is 6.07 Å². The highest BCUT2D eigenvalue weighted by atomic mass is 19.1. The topological polar surface area (TPSA) is 92.2 Å². The van der Waals surface area contributed by atoms with Crippen LogP contribution in [0.5, 0.6) is 0 Å². The molecule has 0 spiro atoms. The Balaban J connectivity index is 2.26. The summed E-state index contributed by atoms with van der Waals surface area (Å²) in [6.45, 7) is 0. The smallest absolute Gasteiger partial charge is 0.305 e. The van der Waals surface area contributed by atoms with E-state index in [0.29, 0.717) is 6.07 Å². The van der Waals surface area contributed by atoms with Crippen LogP contribution in [-0.2, 0) is 4.79 Å². The summed E-state index contributed by atoms with van der Waals surface area (Å²) in [5.41, 5.74) is 0.0343. The van der Waals surface area contributed by atoms with Crippen LogP contribution < -0.4 is 5.32 Å². The maximum Gasteiger partial charge on any atom is 0.305 e. The van der Waals surface area contributed by atoms with Crippen molar-refractivity contribution in [3.05, 3.63) is 59.4 Å². The van der Waals surface area contributed by atoms with Gasteiger partial charge in [-0.3, -0.25) is 9.59 Å². The highest BCUT2D eigenvalue weighted by Gasteiger charge is 2.22. The number of hydrogen-bond donors (Lipinski definition) is 2. The third kappa shape index (κ3) is 3.81. The number of carboxylic acids is 1. The van der Waals surface area contributed by atoms with E-state index >= 15 is 0 Å². The van der Waals surface area contributed by atoms with Gasteiger partial charge < -0.3 is 10.4 Å². The van der Waals surface area contributed by atoms with Gasteiger partial charge in [-0.15, -0.1) is 0 Å². The van der Waals surface area contributed by atoms with E-state index in [0.717, 1.165) is 12.1 Å². The van der Waals surface area contributed by atoms with Crippen molar-refractivity contribution >= 4 is 11.9 Å². The number of carbonyl (C=O) groups excluding carboxylic acids is 1. The maximum atomic E-state index is 13.8. The average molecular weight is 307 g/mol. The molecular weight excluding hydrogens is 296 g/mol. The summed E-state index contributed by atoms with van der Waals surface area (Å²) in [5.74, 6) is -3.59. The number of amides is 1. The molecule has 0 aliphatic rings. The van der Waals surface area contributed by atoms with E-state index in [-0.39, 0.29) is 11.1 Å². The van der Waals surface area contributed by atoms with Crippen LogP contribution in [0.15, 0.2) is 36.7 Å². The number of benzene rings is 1. The molecule has 2 aromatic rings. The molecule has 2 rings (SSSR count). The average Bonchev–Trinajstić information content (AvgIpc) is 2.47. The minimum atomic E-state index is -1.23. The molecular formula is C14H11F2N3O3. The lowest BCUT2D eigenvalue weighted by atomic mass is 10.0. The number of nitrogens with zero attached hydrogens (tertiary/aromatic N) is 2. The number of carbonyl (C=O) groups is 2. The van der Waals surface area contributed by atoms with Crippen molar-refractivity contribution in [2.24, 2.45) is 0 Å². The lowest BCUT2D eigenvalue weighted by Gasteiger charge is -2.18. The number of carboxylic acid groups (broad SMARTS) is 1. The van der Waals surface area contributed by atoms with Crippen molar-refractivity contribution in [2.75, 3.05) is 0 Å². The summed E-state index contributed by atoms with van der Waals surface area (Å²) in [4.78, 5) is 22.9. The van der Waals surface area contributed by atoms with Crippen LogP contribution in [-0.4, -0.2) is 27.2 Å². The Morgan fingerprint density at radius 3 is 2.59 bits per heavy atom. The predicted octanol–water partition coefficient (Wildman–Crippen LogP) is 1.70. The van der Waals surface area contributed by atoms with Gasteiger partial charge in [-0.05, 0) is 12.1 Å². The van der Waals surface area contributed by atoms with E-state index in [1.54, 1.807) is 0 Å². The maximum absolute atomic E-state index is 13.8. The van der Waals surface area contributed by atoms with Gasteiger partial charge in [-0.2, -0.15) is 10.2 Å². The fourth-order valence-corrected chi connectivity index (χ4v) is 1.86. The zero-order chi connectivity index (χ0) is 16.1. The van der Waals surface area contributed by atoms with Gasteiger partial charge in [0, 0.05) is 11.6 Å². The standard InChI is InChI=1S/C14H11F2N3O3/c15-9-1-2-10(11(16)5-9)12(6-13(20)21)19-14(22)8-3-4-17-18-7-8/h1-5,7,12H,6H2,(H,19,22)(H,20,21). The van der Waals surface area contributed by atoms with Crippen molar-refractivity contribution < 1.29 is 23.5 Å². The molecule has 1 aromatic heterocycles. The molecule has 0 aliphatic carbocycles. The van der Waals surface area contributed by atoms with Crippen LogP contribution in [0, 0.1) is 11.6 Å². The third-order valence-electron chi connectivity index (χ3n) is 2.87. The summed E-state index contributed by atoms with van der Waals surface area (Å²) >= 11 is 0. The van der Waals surface area contributed by atoms with Gasteiger partial charge in [0.15, 0.2) is 0 Å². The Bertz CT molecular complexity index is 695. The Morgan fingerprint density at radius 2 is 2.00 bits per heavy atom. The van der Waals surface area contributed by atoms with E-state index < -0.39 is 36.0 Å². The number of hydrogen-bond acceptors (Lipinski definition) is 4. The number of nitrogens with one attached hydrogen (secondary N) is 1. The second-order valence-corrected chi connectivity index (χ2v) is 4.42. The first-order valence-electron chi connectivity index (χ1n) is 6.21. The van der Waals surface area contributed by atoms with E-state index in [9.17, 15) is 18.4 Å². The lowest BCUT2D eigenvalue weighted by molar-refractivity contribution is -0.137. The fourth-order valence-electron chi connectivity index (χ4n) is 1.86. The SMILES string of the molecule is O=C(O)CC(NC(=O)c1ccnnc1)c1ccc(F)cc1F. The summed E-state index contributed by atoms with van der Waals surface area (Å²) < 4.78 is 26.7. The highest BCUT2D eigenvalue weighted by Crippen LogP contribution is 2.21. The fraction of sp³-hybridized carbons (Fsp3) is 0.143. The van der Waals surface area contributed by atoms with Crippen LogP contribution in [0.3, 0.4) is 0 Å². The second-order valence-electron chi connectivity index (χ2n) is 4.42. The molecule has 1 amide bonds. The first-order chi connectivity index (χ1) is 10.5. The molecule has 1 unspecified atom stereocenters. The molecule has 0 bridgehead atoms. The monoisotopic (exact) mass is 307 g/mol. The summed E-state index contributed by atoms with van der Waals surface area (Å²) in [5, 5.41) is 18.3. The van der Waals surface area contributed by atoms with Gasteiger partial charge in [-0.25, -0.2) is 8.78 Å². The zero-order valence-corrected chi connectivity index (χ0v) is 11.2. The molecule has 0 saturated carbocycles. The molecule has 0 radical (unpaired) electrons. The minimum absolute atomic E-state index is 0.112. The van der Waals surface area contributed by atoms with Crippen LogP contribution in [0.2, 0.25) is 0 Å². The Hall–Kier alpha value is -2.90. The van der Waals surface area contributed by atoms with Crippen molar-refractivity contribution in [2.45, 2.75) is 12.5 Å². The van der Waals surface area contributed by atoms with Crippen LogP contribution in [0.1, 0.15) is 28.4 Å². The second kappa shape index (κ2) is 6.70. The number of aromatic nitrogens is 2. The third-order valence-corrected chi connectivity index (χ3v) is 2.87. The van der Waals surface area contributed by atoms with E-state index in [1.165, 1.54) is 18.5 Å².